The maximum absolute atomic E-state index is 9.09. The van der Waals surface area contributed by atoms with Crippen LogP contribution in [0.1, 0.15) is 6.92 Å². The van der Waals surface area contributed by atoms with Gasteiger partial charge in [0.25, 0.3) is 0 Å². The van der Waals surface area contributed by atoms with Crippen molar-refractivity contribution in [3.05, 3.63) is 0 Å². The van der Waals surface area contributed by atoms with Gasteiger partial charge in [0.15, 0.2) is 6.29 Å². The monoisotopic (exact) mass is 164 g/mol. The number of rotatable bonds is 0. The molecule has 0 radical (unpaired) electrons. The second kappa shape index (κ2) is 3.04. The molecule has 0 aromatic carbocycles. The summed E-state index contributed by atoms with van der Waals surface area (Å²) in [6.07, 6.45) is -5.99. The van der Waals surface area contributed by atoms with E-state index in [0.29, 0.717) is 0 Å². The molecule has 2 unspecified atom stereocenters. The van der Waals surface area contributed by atoms with E-state index in [1.807, 2.05) is 0 Å². The summed E-state index contributed by atoms with van der Waals surface area (Å²) >= 11 is 0. The fourth-order valence-corrected chi connectivity index (χ4v) is 1.03. The van der Waals surface area contributed by atoms with Gasteiger partial charge in [0.05, 0.1) is 6.10 Å². The van der Waals surface area contributed by atoms with Crippen LogP contribution < -0.4 is 0 Å². The van der Waals surface area contributed by atoms with Crippen LogP contribution in [0.3, 0.4) is 0 Å². The standard InChI is InChI=1S/C6H12O5/c1-2-3(7)4(8)5(9)6(10)11-2/h2-10H,1H3/t2-,3-,4?,5+,6?/m0/s1. The Morgan fingerprint density at radius 2 is 1.45 bits per heavy atom. The average Bonchev–Trinajstić information content (AvgIpc) is 1.97. The number of hydrogen-bond acceptors (Lipinski definition) is 5. The van der Waals surface area contributed by atoms with Crippen molar-refractivity contribution in [2.75, 3.05) is 0 Å². The highest BCUT2D eigenvalue weighted by Crippen LogP contribution is 2.18. The summed E-state index contributed by atoms with van der Waals surface area (Å²) in [7, 11) is 0. The minimum atomic E-state index is -1.43. The predicted octanol–water partition coefficient (Wildman–Crippen LogP) is -2.19. The fraction of sp³-hybridized carbons (Fsp3) is 1.00. The van der Waals surface area contributed by atoms with E-state index in [1.165, 1.54) is 6.92 Å². The van der Waals surface area contributed by atoms with Crippen LogP contribution in [0.4, 0.5) is 0 Å². The minimum absolute atomic E-state index is 0.664. The second-order valence-corrected chi connectivity index (χ2v) is 2.70. The van der Waals surface area contributed by atoms with Crippen molar-refractivity contribution in [1.29, 1.82) is 0 Å². The van der Waals surface area contributed by atoms with Gasteiger partial charge < -0.3 is 25.2 Å². The van der Waals surface area contributed by atoms with Gasteiger partial charge >= 0.3 is 0 Å². The van der Waals surface area contributed by atoms with Gasteiger partial charge in [0.2, 0.25) is 0 Å². The lowest BCUT2D eigenvalue weighted by atomic mass is 10.0. The van der Waals surface area contributed by atoms with Crippen molar-refractivity contribution in [3.8, 4) is 0 Å². The zero-order chi connectivity index (χ0) is 8.59. The second-order valence-electron chi connectivity index (χ2n) is 2.70. The van der Waals surface area contributed by atoms with E-state index in [9.17, 15) is 0 Å². The van der Waals surface area contributed by atoms with Gasteiger partial charge in [-0.3, -0.25) is 0 Å². The number of aliphatic hydroxyl groups excluding tert-OH is 4. The maximum Gasteiger partial charge on any atom is 0.183 e. The summed E-state index contributed by atoms with van der Waals surface area (Å²) in [5, 5.41) is 36.0. The van der Waals surface area contributed by atoms with Crippen LogP contribution in [-0.4, -0.2) is 51.1 Å². The molecule has 0 aliphatic carbocycles. The van der Waals surface area contributed by atoms with Crippen molar-refractivity contribution >= 4 is 0 Å². The molecule has 0 aromatic rings. The van der Waals surface area contributed by atoms with Crippen LogP contribution in [0.2, 0.25) is 0 Å². The zero-order valence-corrected chi connectivity index (χ0v) is 6.08. The quantitative estimate of drug-likeness (QED) is 0.326. The van der Waals surface area contributed by atoms with E-state index in [0.717, 1.165) is 0 Å². The third-order valence-corrected chi connectivity index (χ3v) is 1.83. The molecule has 0 aromatic heterocycles. The first-order valence-corrected chi connectivity index (χ1v) is 3.41. The molecule has 1 fully saturated rings. The first-order valence-electron chi connectivity index (χ1n) is 3.41. The Labute approximate surface area is 63.8 Å². The Morgan fingerprint density at radius 1 is 0.909 bits per heavy atom. The summed E-state index contributed by atoms with van der Waals surface area (Å²) in [6.45, 7) is 1.50. The predicted molar refractivity (Wildman–Crippen MR) is 34.6 cm³/mol. The average molecular weight is 164 g/mol. The van der Waals surface area contributed by atoms with Crippen LogP contribution in [0.15, 0.2) is 0 Å². The molecule has 1 aliphatic rings. The summed E-state index contributed by atoms with van der Waals surface area (Å²) in [5.41, 5.74) is 0. The molecule has 5 heteroatoms. The van der Waals surface area contributed by atoms with Crippen molar-refractivity contribution in [2.24, 2.45) is 0 Å². The van der Waals surface area contributed by atoms with Gasteiger partial charge in [-0.2, -0.15) is 0 Å². The summed E-state index contributed by atoms with van der Waals surface area (Å²) in [6, 6.07) is 0. The lowest BCUT2D eigenvalue weighted by molar-refractivity contribution is -0.277. The Hall–Kier alpha value is -0.200. The summed E-state index contributed by atoms with van der Waals surface area (Å²) in [4.78, 5) is 0. The molecular formula is C6H12O5. The highest BCUT2D eigenvalue weighted by Gasteiger charge is 2.40. The van der Waals surface area contributed by atoms with Crippen LogP contribution in [0.25, 0.3) is 0 Å². The van der Waals surface area contributed by atoms with Gasteiger partial charge in [-0.15, -0.1) is 0 Å². The Bertz CT molecular complexity index is 125. The van der Waals surface area contributed by atoms with Crippen molar-refractivity contribution in [1.82, 2.24) is 0 Å². The van der Waals surface area contributed by atoms with Gasteiger partial charge in [0.1, 0.15) is 18.3 Å². The van der Waals surface area contributed by atoms with Crippen LogP contribution in [0, 0.1) is 0 Å². The molecule has 11 heavy (non-hydrogen) atoms. The van der Waals surface area contributed by atoms with Crippen molar-refractivity contribution < 1.29 is 25.2 Å². The van der Waals surface area contributed by atoms with Crippen molar-refractivity contribution in [3.63, 3.8) is 0 Å². The van der Waals surface area contributed by atoms with Gasteiger partial charge in [-0.1, -0.05) is 0 Å². The molecule has 0 spiro atoms. The zero-order valence-electron chi connectivity index (χ0n) is 6.08. The van der Waals surface area contributed by atoms with E-state index in [-0.39, 0.29) is 0 Å². The topological polar surface area (TPSA) is 90.2 Å². The number of ether oxygens (including phenoxy) is 1. The first kappa shape index (κ1) is 8.89. The highest BCUT2D eigenvalue weighted by atomic mass is 16.6. The summed E-state index contributed by atoms with van der Waals surface area (Å²) in [5.74, 6) is 0. The minimum Gasteiger partial charge on any atom is -0.388 e. The van der Waals surface area contributed by atoms with E-state index < -0.39 is 30.7 Å². The lowest BCUT2D eigenvalue weighted by Gasteiger charge is -2.36. The third kappa shape index (κ3) is 1.52. The molecule has 1 saturated heterocycles. The molecule has 0 amide bonds. The SMILES string of the molecule is C[C@@H]1OC(O)[C@H](O)C(O)[C@H]1O. The first-order chi connectivity index (χ1) is 5.04. The smallest absolute Gasteiger partial charge is 0.183 e. The van der Waals surface area contributed by atoms with Crippen LogP contribution in [-0.2, 0) is 4.74 Å². The normalized spacial score (nSPS) is 52.6. The largest absolute Gasteiger partial charge is 0.388 e. The van der Waals surface area contributed by atoms with Gasteiger partial charge in [-0.05, 0) is 6.92 Å². The summed E-state index contributed by atoms with van der Waals surface area (Å²) < 4.78 is 4.68. The molecule has 4 N–H and O–H groups in total. The van der Waals surface area contributed by atoms with Gasteiger partial charge in [-0.25, -0.2) is 0 Å². The molecule has 1 aliphatic heterocycles. The van der Waals surface area contributed by atoms with Crippen molar-refractivity contribution in [2.45, 2.75) is 37.6 Å². The third-order valence-electron chi connectivity index (χ3n) is 1.83. The molecule has 66 valence electrons. The van der Waals surface area contributed by atoms with Crippen LogP contribution >= 0.6 is 0 Å². The molecule has 0 bridgehead atoms. The molecule has 1 heterocycles. The molecule has 0 saturated carbocycles. The van der Waals surface area contributed by atoms with E-state index in [4.69, 9.17) is 20.4 Å². The fourth-order valence-electron chi connectivity index (χ4n) is 1.03. The van der Waals surface area contributed by atoms with E-state index in [2.05, 4.69) is 4.74 Å². The van der Waals surface area contributed by atoms with E-state index in [1.54, 1.807) is 0 Å². The lowest BCUT2D eigenvalue weighted by Crippen LogP contribution is -2.56. The maximum atomic E-state index is 9.09. The number of hydrogen-bond donors (Lipinski definition) is 4. The highest BCUT2D eigenvalue weighted by molar-refractivity contribution is 4.86. The molecule has 5 nitrogen and oxygen atoms in total. The van der Waals surface area contributed by atoms with Crippen LogP contribution in [0.5, 0.6) is 0 Å². The van der Waals surface area contributed by atoms with Gasteiger partial charge in [0, 0.05) is 0 Å². The molecular weight excluding hydrogens is 152 g/mol. The number of aliphatic hydroxyl groups is 4. The Morgan fingerprint density at radius 3 is 2.00 bits per heavy atom. The van der Waals surface area contributed by atoms with E-state index >= 15 is 0 Å². The Balaban J connectivity index is 2.63. The Kier molecular flexibility index (Phi) is 2.46. The molecule has 1 rings (SSSR count). The molecule has 5 atom stereocenters.